The number of carbonyl (C=O) groups excluding carboxylic acids is 2. The number of nitrogens with zero attached hydrogens (tertiary/aromatic N) is 2. The predicted octanol–water partition coefficient (Wildman–Crippen LogP) is 2.88. The first-order valence-corrected chi connectivity index (χ1v) is 9.88. The molecule has 0 radical (unpaired) electrons. The van der Waals surface area contributed by atoms with Gasteiger partial charge in [-0.3, -0.25) is 14.5 Å². The van der Waals surface area contributed by atoms with Gasteiger partial charge in [0.25, 0.3) is 5.91 Å². The Morgan fingerprint density at radius 2 is 1.71 bits per heavy atom. The van der Waals surface area contributed by atoms with Gasteiger partial charge in [0.1, 0.15) is 6.04 Å². The Hall–Kier alpha value is -2.66. The van der Waals surface area contributed by atoms with Crippen molar-refractivity contribution >= 4 is 11.8 Å². The Balaban J connectivity index is 1.72. The van der Waals surface area contributed by atoms with Gasteiger partial charge in [0.05, 0.1) is 0 Å². The van der Waals surface area contributed by atoms with Crippen LogP contribution >= 0.6 is 0 Å². The molecule has 1 heterocycles. The molecular weight excluding hydrogens is 350 g/mol. The molecule has 0 aliphatic carbocycles. The van der Waals surface area contributed by atoms with E-state index < -0.39 is 0 Å². The summed E-state index contributed by atoms with van der Waals surface area (Å²) >= 11 is 0. The van der Waals surface area contributed by atoms with Crippen molar-refractivity contribution in [1.82, 2.24) is 15.1 Å². The number of likely N-dealkylation sites (N-methyl/N-ethyl adjacent to an activating group) is 1. The van der Waals surface area contributed by atoms with Gasteiger partial charge in [-0.25, -0.2) is 0 Å². The van der Waals surface area contributed by atoms with E-state index in [0.29, 0.717) is 37.7 Å². The molecule has 1 fully saturated rings. The lowest BCUT2D eigenvalue weighted by Crippen LogP contribution is -2.59. The molecule has 1 aliphatic rings. The van der Waals surface area contributed by atoms with Crippen molar-refractivity contribution in [3.05, 3.63) is 71.3 Å². The second-order valence-corrected chi connectivity index (χ2v) is 7.61. The largest absolute Gasteiger partial charge is 0.358 e. The predicted molar refractivity (Wildman–Crippen MR) is 111 cm³/mol. The Morgan fingerprint density at radius 1 is 1.04 bits per heavy atom. The van der Waals surface area contributed by atoms with Crippen molar-refractivity contribution in [3.8, 4) is 0 Å². The Labute approximate surface area is 167 Å². The highest BCUT2D eigenvalue weighted by Crippen LogP contribution is 2.19. The lowest BCUT2D eigenvalue weighted by molar-refractivity contribution is -0.128. The second kappa shape index (κ2) is 9.02. The van der Waals surface area contributed by atoms with E-state index in [1.165, 1.54) is 11.1 Å². The van der Waals surface area contributed by atoms with Crippen LogP contribution in [0.4, 0.5) is 0 Å². The molecule has 28 heavy (non-hydrogen) atoms. The maximum absolute atomic E-state index is 13.0. The number of carbonyl (C=O) groups is 2. The van der Waals surface area contributed by atoms with Crippen LogP contribution in [0.5, 0.6) is 0 Å². The molecule has 2 amide bonds. The van der Waals surface area contributed by atoms with Crippen LogP contribution in [0, 0.1) is 0 Å². The number of rotatable bonds is 5. The minimum Gasteiger partial charge on any atom is -0.358 e. The fourth-order valence-corrected chi connectivity index (χ4v) is 3.62. The maximum atomic E-state index is 13.0. The third kappa shape index (κ3) is 4.60. The number of hydrogen-bond acceptors (Lipinski definition) is 3. The van der Waals surface area contributed by atoms with Crippen molar-refractivity contribution in [2.45, 2.75) is 32.4 Å². The van der Waals surface area contributed by atoms with Crippen molar-refractivity contribution in [2.24, 2.45) is 0 Å². The van der Waals surface area contributed by atoms with Crippen LogP contribution in [0.15, 0.2) is 54.6 Å². The zero-order chi connectivity index (χ0) is 20.1. The first-order valence-electron chi connectivity index (χ1n) is 9.88. The zero-order valence-electron chi connectivity index (χ0n) is 16.9. The van der Waals surface area contributed by atoms with Crippen LogP contribution in [0.25, 0.3) is 0 Å². The third-order valence-electron chi connectivity index (χ3n) is 5.38. The highest BCUT2D eigenvalue weighted by atomic mass is 16.2. The molecule has 1 unspecified atom stereocenters. The molecule has 0 aromatic heterocycles. The first kappa shape index (κ1) is 20.1. The van der Waals surface area contributed by atoms with Gasteiger partial charge in [-0.15, -0.1) is 0 Å². The van der Waals surface area contributed by atoms with Crippen LogP contribution in [-0.2, 0) is 11.3 Å². The van der Waals surface area contributed by atoms with Crippen LogP contribution in [0.3, 0.4) is 0 Å². The summed E-state index contributed by atoms with van der Waals surface area (Å²) in [5.41, 5.74) is 3.06. The van der Waals surface area contributed by atoms with Crippen molar-refractivity contribution in [1.29, 1.82) is 0 Å². The van der Waals surface area contributed by atoms with E-state index in [1.54, 1.807) is 11.9 Å². The van der Waals surface area contributed by atoms with Crippen molar-refractivity contribution in [2.75, 3.05) is 26.7 Å². The summed E-state index contributed by atoms with van der Waals surface area (Å²) in [6.45, 7) is 6.66. The smallest absolute Gasteiger partial charge is 0.253 e. The summed E-state index contributed by atoms with van der Waals surface area (Å²) in [5.74, 6) is 0.371. The van der Waals surface area contributed by atoms with Gasteiger partial charge in [-0.05, 0) is 29.2 Å². The molecule has 5 heteroatoms. The molecule has 1 saturated heterocycles. The van der Waals surface area contributed by atoms with Gasteiger partial charge in [0.15, 0.2) is 0 Å². The minimum atomic E-state index is -0.349. The van der Waals surface area contributed by atoms with Gasteiger partial charge in [0, 0.05) is 38.8 Å². The Bertz CT molecular complexity index is 802. The number of piperazine rings is 1. The van der Waals surface area contributed by atoms with E-state index in [1.807, 2.05) is 42.5 Å². The normalized spacial score (nSPS) is 17.6. The van der Waals surface area contributed by atoms with Crippen molar-refractivity contribution < 1.29 is 9.59 Å². The maximum Gasteiger partial charge on any atom is 0.253 e. The van der Waals surface area contributed by atoms with Gasteiger partial charge in [0.2, 0.25) is 5.91 Å². The highest BCUT2D eigenvalue weighted by molar-refractivity contribution is 5.95. The molecule has 1 aliphatic heterocycles. The van der Waals surface area contributed by atoms with Gasteiger partial charge >= 0.3 is 0 Å². The summed E-state index contributed by atoms with van der Waals surface area (Å²) in [5, 5.41) is 2.75. The zero-order valence-corrected chi connectivity index (χ0v) is 16.9. The number of hydrogen-bond donors (Lipinski definition) is 1. The van der Waals surface area contributed by atoms with Crippen LogP contribution in [-0.4, -0.2) is 54.3 Å². The fourth-order valence-electron chi connectivity index (χ4n) is 3.62. The summed E-state index contributed by atoms with van der Waals surface area (Å²) in [7, 11) is 1.65. The fraction of sp³-hybridized carbons (Fsp3) is 0.391. The number of nitrogens with one attached hydrogen (secondary N) is 1. The lowest BCUT2D eigenvalue weighted by Gasteiger charge is -2.40. The van der Waals surface area contributed by atoms with E-state index in [2.05, 4.69) is 36.2 Å². The van der Waals surface area contributed by atoms with Gasteiger partial charge in [-0.2, -0.15) is 0 Å². The van der Waals surface area contributed by atoms with Crippen LogP contribution in [0.2, 0.25) is 0 Å². The molecule has 1 N–H and O–H groups in total. The number of benzene rings is 2. The number of amides is 2. The van der Waals surface area contributed by atoms with E-state index in [9.17, 15) is 9.59 Å². The van der Waals surface area contributed by atoms with E-state index >= 15 is 0 Å². The topological polar surface area (TPSA) is 52.7 Å². The molecule has 5 nitrogen and oxygen atoms in total. The molecule has 148 valence electrons. The average Bonchev–Trinajstić information content (AvgIpc) is 2.73. The third-order valence-corrected chi connectivity index (χ3v) is 5.38. The van der Waals surface area contributed by atoms with Crippen LogP contribution in [0.1, 0.15) is 41.3 Å². The van der Waals surface area contributed by atoms with Gasteiger partial charge < -0.3 is 10.2 Å². The Kier molecular flexibility index (Phi) is 6.47. The SMILES string of the molecule is CNC(=O)C1CN(C(=O)c2ccc(C(C)C)cc2)CCN1Cc1ccccc1. The molecule has 0 spiro atoms. The Morgan fingerprint density at radius 3 is 2.32 bits per heavy atom. The molecule has 1 atom stereocenters. The molecule has 2 aromatic rings. The summed E-state index contributed by atoms with van der Waals surface area (Å²) in [6.07, 6.45) is 0. The lowest BCUT2D eigenvalue weighted by atomic mass is 10.0. The quantitative estimate of drug-likeness (QED) is 0.869. The monoisotopic (exact) mass is 379 g/mol. The molecular formula is C23H29N3O2. The van der Waals surface area contributed by atoms with E-state index in [4.69, 9.17) is 0 Å². The summed E-state index contributed by atoms with van der Waals surface area (Å²) in [4.78, 5) is 29.4. The minimum absolute atomic E-state index is 0.0106. The summed E-state index contributed by atoms with van der Waals surface area (Å²) in [6, 6.07) is 17.6. The molecule has 0 bridgehead atoms. The standard InChI is InChI=1S/C23H29N3O2/c1-17(2)19-9-11-20(12-10-19)23(28)26-14-13-25(21(16-26)22(27)24-3)15-18-7-5-4-6-8-18/h4-12,17,21H,13-16H2,1-3H3,(H,24,27). The van der Waals surface area contributed by atoms with Gasteiger partial charge in [-0.1, -0.05) is 56.3 Å². The van der Waals surface area contributed by atoms with E-state index in [0.717, 1.165) is 0 Å². The van der Waals surface area contributed by atoms with E-state index in [-0.39, 0.29) is 17.9 Å². The summed E-state index contributed by atoms with van der Waals surface area (Å²) < 4.78 is 0. The van der Waals surface area contributed by atoms with Crippen molar-refractivity contribution in [3.63, 3.8) is 0 Å². The molecule has 3 rings (SSSR count). The van der Waals surface area contributed by atoms with Crippen LogP contribution < -0.4 is 5.32 Å². The highest BCUT2D eigenvalue weighted by Gasteiger charge is 2.34. The molecule has 0 saturated carbocycles. The molecule has 2 aromatic carbocycles. The average molecular weight is 380 g/mol. The first-order chi connectivity index (χ1) is 13.5. The second-order valence-electron chi connectivity index (χ2n) is 7.61.